The lowest BCUT2D eigenvalue weighted by Crippen LogP contribution is -2.43. The molecule has 0 radical (unpaired) electrons. The molecule has 35 heavy (non-hydrogen) atoms. The number of Topliss-reactive ketones (excluding diaryl/α,β-unsaturated/α-hetero) is 1. The summed E-state index contributed by atoms with van der Waals surface area (Å²) < 4.78 is 15.5. The van der Waals surface area contributed by atoms with Gasteiger partial charge in [-0.3, -0.25) is 19.0 Å². The highest BCUT2D eigenvalue weighted by molar-refractivity contribution is 7.07. The van der Waals surface area contributed by atoms with E-state index in [-0.39, 0.29) is 29.6 Å². The van der Waals surface area contributed by atoms with Crippen LogP contribution >= 0.6 is 11.3 Å². The highest BCUT2D eigenvalue weighted by Crippen LogP contribution is 2.16. The monoisotopic (exact) mass is 492 g/mol. The van der Waals surface area contributed by atoms with Crippen LogP contribution in [0.3, 0.4) is 0 Å². The number of hydrogen-bond donors (Lipinski definition) is 0. The Bertz CT molecular complexity index is 1410. The number of nitrogens with zero attached hydrogens (tertiary/aromatic N) is 2. The molecule has 0 N–H and O–H groups in total. The molecule has 1 fully saturated rings. The number of thiazole rings is 1. The third-order valence-electron chi connectivity index (χ3n) is 6.29. The standard InChI is InChI=1S/C28H29FN2O3S/c1-18-8-10-30(11-9-18)26(33)17-31-27(16-24(32)22-13-19(2)12-20(3)14-22)35-25(28(31)34)15-21-4-6-23(29)7-5-21/h4-7,12-16,18H,8-11,17H2,1-3H3/b25-15+,27-16-. The van der Waals surface area contributed by atoms with Crippen molar-refractivity contribution in [1.29, 1.82) is 0 Å². The van der Waals surface area contributed by atoms with E-state index in [1.54, 1.807) is 23.1 Å². The molecule has 4 rings (SSSR count). The van der Waals surface area contributed by atoms with Crippen molar-refractivity contribution in [1.82, 2.24) is 9.47 Å². The molecular formula is C28H29FN2O3S. The van der Waals surface area contributed by atoms with Gasteiger partial charge in [0.05, 0.1) is 4.53 Å². The molecule has 0 spiro atoms. The first-order chi connectivity index (χ1) is 16.7. The van der Waals surface area contributed by atoms with Crippen LogP contribution in [0.1, 0.15) is 46.8 Å². The molecule has 182 valence electrons. The predicted molar refractivity (Wildman–Crippen MR) is 137 cm³/mol. The Morgan fingerprint density at radius 2 is 1.69 bits per heavy atom. The lowest BCUT2D eigenvalue weighted by Gasteiger charge is -2.30. The summed E-state index contributed by atoms with van der Waals surface area (Å²) in [7, 11) is 0. The summed E-state index contributed by atoms with van der Waals surface area (Å²) in [5.41, 5.74) is 2.82. The molecular weight excluding hydrogens is 463 g/mol. The molecule has 7 heteroatoms. The van der Waals surface area contributed by atoms with E-state index in [4.69, 9.17) is 0 Å². The summed E-state index contributed by atoms with van der Waals surface area (Å²) in [6.07, 6.45) is 4.98. The second-order valence-corrected chi connectivity index (χ2v) is 10.4. The predicted octanol–water partition coefficient (Wildman–Crippen LogP) is 3.42. The van der Waals surface area contributed by atoms with Gasteiger partial charge in [-0.25, -0.2) is 4.39 Å². The molecule has 2 aromatic carbocycles. The molecule has 1 saturated heterocycles. The minimum atomic E-state index is -0.361. The van der Waals surface area contributed by atoms with E-state index in [1.807, 2.05) is 32.0 Å². The van der Waals surface area contributed by atoms with E-state index in [1.165, 1.54) is 22.8 Å². The van der Waals surface area contributed by atoms with Crippen LogP contribution in [0, 0.1) is 25.6 Å². The Morgan fingerprint density at radius 3 is 2.31 bits per heavy atom. The maximum Gasteiger partial charge on any atom is 0.269 e. The van der Waals surface area contributed by atoms with Crippen LogP contribution in [0.2, 0.25) is 0 Å². The Kier molecular flexibility index (Phi) is 7.45. The molecule has 0 saturated carbocycles. The Balaban J connectivity index is 1.76. The number of benzene rings is 2. The highest BCUT2D eigenvalue weighted by atomic mass is 32.1. The average Bonchev–Trinajstić information content (AvgIpc) is 3.09. The number of carbonyl (C=O) groups excluding carboxylic acids is 2. The zero-order chi connectivity index (χ0) is 25.1. The molecule has 0 atom stereocenters. The van der Waals surface area contributed by atoms with Gasteiger partial charge in [0.1, 0.15) is 17.0 Å². The van der Waals surface area contributed by atoms with Gasteiger partial charge in [-0.2, -0.15) is 0 Å². The molecule has 0 unspecified atom stereocenters. The summed E-state index contributed by atoms with van der Waals surface area (Å²) in [6, 6.07) is 11.4. The van der Waals surface area contributed by atoms with Gasteiger partial charge >= 0.3 is 0 Å². The van der Waals surface area contributed by atoms with E-state index >= 15 is 0 Å². The summed E-state index contributed by atoms with van der Waals surface area (Å²) in [5.74, 6) is -0.127. The zero-order valence-corrected chi connectivity index (χ0v) is 21.0. The molecule has 1 amide bonds. The number of hydrogen-bond acceptors (Lipinski definition) is 4. The molecule has 1 aromatic heterocycles. The largest absolute Gasteiger partial charge is 0.341 e. The number of likely N-dealkylation sites (tertiary alicyclic amines) is 1. The van der Waals surface area contributed by atoms with E-state index in [9.17, 15) is 18.8 Å². The first-order valence-electron chi connectivity index (χ1n) is 11.8. The zero-order valence-electron chi connectivity index (χ0n) is 20.2. The summed E-state index contributed by atoms with van der Waals surface area (Å²) >= 11 is 1.16. The van der Waals surface area contributed by atoms with Gasteiger partial charge in [-0.1, -0.05) is 36.2 Å². The number of piperidine rings is 1. The fraction of sp³-hybridized carbons (Fsp3) is 0.321. The van der Waals surface area contributed by atoms with Gasteiger partial charge in [0.25, 0.3) is 5.56 Å². The SMILES string of the molecule is Cc1cc(C)cc(C(=O)/C=c2\s/c(=C/c3ccc(F)cc3)c(=O)n2CC(=O)N2CCC(C)CC2)c1. The summed E-state index contributed by atoms with van der Waals surface area (Å²) in [4.78, 5) is 41.3. The lowest BCUT2D eigenvalue weighted by atomic mass is 9.99. The van der Waals surface area contributed by atoms with E-state index in [0.29, 0.717) is 39.3 Å². The van der Waals surface area contributed by atoms with Gasteiger partial charge in [0.15, 0.2) is 5.78 Å². The van der Waals surface area contributed by atoms with Crippen molar-refractivity contribution in [3.05, 3.63) is 90.1 Å². The van der Waals surface area contributed by atoms with Gasteiger partial charge < -0.3 is 4.90 Å². The average molecular weight is 493 g/mol. The van der Waals surface area contributed by atoms with Crippen molar-refractivity contribution in [2.24, 2.45) is 5.92 Å². The Morgan fingerprint density at radius 1 is 1.06 bits per heavy atom. The Labute approximate surface area is 207 Å². The first-order valence-corrected chi connectivity index (χ1v) is 12.6. The minimum absolute atomic E-state index is 0.118. The van der Waals surface area contributed by atoms with Crippen LogP contribution < -0.4 is 14.8 Å². The number of halogens is 1. The molecule has 1 aliphatic heterocycles. The molecule has 5 nitrogen and oxygen atoms in total. The van der Waals surface area contributed by atoms with Crippen LogP contribution in [-0.2, 0) is 11.3 Å². The first kappa shape index (κ1) is 24.8. The quantitative estimate of drug-likeness (QED) is 0.513. The fourth-order valence-corrected chi connectivity index (χ4v) is 5.35. The van der Waals surface area contributed by atoms with Crippen LogP contribution in [0.5, 0.6) is 0 Å². The number of carbonyl (C=O) groups is 2. The van der Waals surface area contributed by atoms with Crippen LogP contribution in [0.15, 0.2) is 47.3 Å². The molecule has 2 heterocycles. The Hall–Kier alpha value is -3.32. The third kappa shape index (κ3) is 6.03. The van der Waals surface area contributed by atoms with E-state index in [0.717, 1.165) is 35.3 Å². The fourth-order valence-electron chi connectivity index (χ4n) is 4.31. The summed E-state index contributed by atoms with van der Waals surface area (Å²) in [6.45, 7) is 7.26. The molecule has 0 aliphatic carbocycles. The van der Waals surface area contributed by atoms with Gasteiger partial charge in [-0.05, 0) is 68.5 Å². The maximum absolute atomic E-state index is 13.3. The summed E-state index contributed by atoms with van der Waals surface area (Å²) in [5, 5.41) is 0. The van der Waals surface area contributed by atoms with Crippen LogP contribution in [-0.4, -0.2) is 34.2 Å². The number of aryl methyl sites for hydroxylation is 2. The maximum atomic E-state index is 13.3. The molecule has 1 aliphatic rings. The second-order valence-electron chi connectivity index (χ2n) is 9.34. The smallest absolute Gasteiger partial charge is 0.269 e. The van der Waals surface area contributed by atoms with Crippen molar-refractivity contribution < 1.29 is 14.0 Å². The van der Waals surface area contributed by atoms with Gasteiger partial charge in [0.2, 0.25) is 5.91 Å². The number of ketones is 1. The van der Waals surface area contributed by atoms with Crippen molar-refractivity contribution >= 4 is 35.2 Å². The van der Waals surface area contributed by atoms with E-state index in [2.05, 4.69) is 6.92 Å². The van der Waals surface area contributed by atoms with Crippen LogP contribution in [0.4, 0.5) is 4.39 Å². The van der Waals surface area contributed by atoms with Crippen LogP contribution in [0.25, 0.3) is 12.2 Å². The van der Waals surface area contributed by atoms with Gasteiger partial charge in [0, 0.05) is 24.7 Å². The van der Waals surface area contributed by atoms with Crippen molar-refractivity contribution in [2.75, 3.05) is 13.1 Å². The van der Waals surface area contributed by atoms with Crippen molar-refractivity contribution in [2.45, 2.75) is 40.2 Å². The topological polar surface area (TPSA) is 59.4 Å². The number of rotatable bonds is 5. The van der Waals surface area contributed by atoms with Crippen molar-refractivity contribution in [3.8, 4) is 0 Å². The number of aromatic nitrogens is 1. The second kappa shape index (κ2) is 10.5. The third-order valence-corrected chi connectivity index (χ3v) is 7.35. The normalized spacial score (nSPS) is 15.6. The molecule has 3 aromatic rings. The van der Waals surface area contributed by atoms with Crippen molar-refractivity contribution in [3.63, 3.8) is 0 Å². The van der Waals surface area contributed by atoms with Gasteiger partial charge in [-0.15, -0.1) is 11.3 Å². The number of amides is 1. The molecule has 0 bridgehead atoms. The van der Waals surface area contributed by atoms with E-state index < -0.39 is 0 Å². The minimum Gasteiger partial charge on any atom is -0.341 e. The lowest BCUT2D eigenvalue weighted by molar-refractivity contribution is -0.133. The highest BCUT2D eigenvalue weighted by Gasteiger charge is 2.21.